The summed E-state index contributed by atoms with van der Waals surface area (Å²) < 4.78 is 12.0. The van der Waals surface area contributed by atoms with Crippen molar-refractivity contribution in [2.24, 2.45) is 0 Å². The van der Waals surface area contributed by atoms with Gasteiger partial charge in [0.05, 0.1) is 7.11 Å². The zero-order chi connectivity index (χ0) is 23.3. The van der Waals surface area contributed by atoms with E-state index in [0.29, 0.717) is 12.5 Å². The Morgan fingerprint density at radius 2 is 1.68 bits per heavy atom. The molecule has 3 nitrogen and oxygen atoms in total. The molecule has 0 aliphatic heterocycles. The third-order valence-electron chi connectivity index (χ3n) is 7.21. The Morgan fingerprint density at radius 1 is 0.882 bits per heavy atom. The molecule has 0 amide bonds. The first-order chi connectivity index (χ1) is 16.7. The van der Waals surface area contributed by atoms with Crippen LogP contribution in [0.25, 0.3) is 6.08 Å². The van der Waals surface area contributed by atoms with Gasteiger partial charge in [-0.25, -0.2) is 0 Å². The molecule has 0 N–H and O–H groups in total. The minimum atomic E-state index is 0.136. The molecule has 0 heterocycles. The maximum Gasteiger partial charge on any atom is 0.189 e. The molecular weight excluding hydrogens is 420 g/mol. The molecule has 0 saturated heterocycles. The Hall–Kier alpha value is -3.33. The summed E-state index contributed by atoms with van der Waals surface area (Å²) in [5, 5.41) is 0. The average Bonchev–Trinajstić information content (AvgIpc) is 2.90. The number of hydrogen-bond acceptors (Lipinski definition) is 3. The summed E-state index contributed by atoms with van der Waals surface area (Å²) in [6, 6.07) is 22.5. The Balaban J connectivity index is 1.37. The third-order valence-corrected chi connectivity index (χ3v) is 7.21. The predicted molar refractivity (Wildman–Crippen MR) is 137 cm³/mol. The number of Topliss-reactive ketones (excluding diaryl/α,β-unsaturated/α-hetero) is 1. The van der Waals surface area contributed by atoms with Crippen molar-refractivity contribution in [2.45, 2.75) is 57.5 Å². The summed E-state index contributed by atoms with van der Waals surface area (Å²) in [4.78, 5) is 13.0. The molecule has 2 aliphatic rings. The second-order valence-corrected chi connectivity index (χ2v) is 9.39. The van der Waals surface area contributed by atoms with E-state index in [-0.39, 0.29) is 5.78 Å². The highest BCUT2D eigenvalue weighted by atomic mass is 16.5. The van der Waals surface area contributed by atoms with Crippen LogP contribution in [0.1, 0.15) is 77.1 Å². The van der Waals surface area contributed by atoms with Gasteiger partial charge in [-0.3, -0.25) is 4.79 Å². The Bertz CT molecular complexity index is 1200. The number of aryl methyl sites for hydroxylation is 1. The van der Waals surface area contributed by atoms with E-state index in [2.05, 4.69) is 30.3 Å². The molecule has 0 spiro atoms. The number of para-hydroxylation sites is 1. The number of fused-ring (bicyclic) bond motifs is 1. The van der Waals surface area contributed by atoms with Crippen molar-refractivity contribution in [2.75, 3.05) is 7.11 Å². The minimum absolute atomic E-state index is 0.136. The van der Waals surface area contributed by atoms with Gasteiger partial charge < -0.3 is 9.47 Å². The van der Waals surface area contributed by atoms with Crippen molar-refractivity contribution in [3.63, 3.8) is 0 Å². The molecule has 0 bridgehead atoms. The lowest BCUT2D eigenvalue weighted by atomic mass is 9.84. The van der Waals surface area contributed by atoms with Gasteiger partial charge in [-0.1, -0.05) is 67.8 Å². The van der Waals surface area contributed by atoms with Crippen molar-refractivity contribution < 1.29 is 14.3 Å². The van der Waals surface area contributed by atoms with Crippen LogP contribution in [-0.2, 0) is 13.0 Å². The summed E-state index contributed by atoms with van der Waals surface area (Å²) >= 11 is 0. The van der Waals surface area contributed by atoms with Gasteiger partial charge in [0.2, 0.25) is 0 Å². The van der Waals surface area contributed by atoms with Crippen molar-refractivity contribution in [1.82, 2.24) is 0 Å². The van der Waals surface area contributed by atoms with Gasteiger partial charge in [0.25, 0.3) is 0 Å². The van der Waals surface area contributed by atoms with E-state index in [4.69, 9.17) is 9.47 Å². The molecule has 2 aliphatic carbocycles. The highest BCUT2D eigenvalue weighted by Gasteiger charge is 2.22. The Kier molecular flexibility index (Phi) is 6.80. The lowest BCUT2D eigenvalue weighted by molar-refractivity contribution is 0.102. The molecule has 174 valence electrons. The van der Waals surface area contributed by atoms with Crippen LogP contribution < -0.4 is 9.47 Å². The molecule has 0 unspecified atom stereocenters. The fourth-order valence-corrected chi connectivity index (χ4v) is 5.37. The van der Waals surface area contributed by atoms with E-state index in [9.17, 15) is 4.79 Å². The minimum Gasteiger partial charge on any atom is -0.496 e. The van der Waals surface area contributed by atoms with Crippen molar-refractivity contribution in [1.29, 1.82) is 0 Å². The Morgan fingerprint density at radius 3 is 2.53 bits per heavy atom. The van der Waals surface area contributed by atoms with Gasteiger partial charge in [0.15, 0.2) is 5.78 Å². The molecule has 0 aromatic heterocycles. The summed E-state index contributed by atoms with van der Waals surface area (Å²) in [7, 11) is 1.69. The average molecular weight is 453 g/mol. The SMILES string of the molecule is COc1ccc(/C=C2\CCc3ccccc3C2=O)cc1COc1ccccc1C1CCCCC1. The quantitative estimate of drug-likeness (QED) is 0.363. The standard InChI is InChI=1S/C31H32O3/c1-33-29-18-15-22(19-25-17-16-24-11-5-6-13-28(24)31(25)32)20-26(29)21-34-30-14-8-7-12-27(30)23-9-3-2-4-10-23/h5-8,11-15,18-20,23H,2-4,9-10,16-17,21H2,1H3/b25-19+. The zero-order valence-electron chi connectivity index (χ0n) is 19.9. The van der Waals surface area contributed by atoms with Crippen LogP contribution in [0.15, 0.2) is 72.3 Å². The van der Waals surface area contributed by atoms with Crippen LogP contribution in [-0.4, -0.2) is 12.9 Å². The largest absolute Gasteiger partial charge is 0.496 e. The van der Waals surface area contributed by atoms with Crippen LogP contribution in [0.4, 0.5) is 0 Å². The highest BCUT2D eigenvalue weighted by molar-refractivity contribution is 6.13. The van der Waals surface area contributed by atoms with Gasteiger partial charge in [-0.2, -0.15) is 0 Å². The number of carbonyl (C=O) groups is 1. The molecule has 3 heteroatoms. The van der Waals surface area contributed by atoms with E-state index in [1.165, 1.54) is 37.7 Å². The number of benzene rings is 3. The van der Waals surface area contributed by atoms with Gasteiger partial charge in [0, 0.05) is 16.7 Å². The third kappa shape index (κ3) is 4.79. The van der Waals surface area contributed by atoms with Crippen molar-refractivity contribution in [3.05, 3.63) is 100 Å². The molecule has 3 aromatic rings. The Labute approximate surface area is 202 Å². The molecule has 0 atom stereocenters. The first kappa shape index (κ1) is 22.5. The van der Waals surface area contributed by atoms with E-state index in [0.717, 1.165) is 52.2 Å². The van der Waals surface area contributed by atoms with E-state index in [1.54, 1.807) is 7.11 Å². The van der Waals surface area contributed by atoms with E-state index < -0.39 is 0 Å². The number of carbonyl (C=O) groups excluding carboxylic acids is 1. The number of ether oxygens (including phenoxy) is 2. The molecule has 1 fully saturated rings. The molecule has 3 aromatic carbocycles. The fraction of sp³-hybridized carbons (Fsp3) is 0.323. The summed E-state index contributed by atoms with van der Waals surface area (Å²) in [5.74, 6) is 2.50. The zero-order valence-corrected chi connectivity index (χ0v) is 19.9. The van der Waals surface area contributed by atoms with Crippen LogP contribution >= 0.6 is 0 Å². The lowest BCUT2D eigenvalue weighted by Crippen LogP contribution is -2.13. The second-order valence-electron chi connectivity index (χ2n) is 9.39. The molecule has 1 saturated carbocycles. The number of hydrogen-bond donors (Lipinski definition) is 0. The summed E-state index contributed by atoms with van der Waals surface area (Å²) in [6.07, 6.45) is 10.1. The van der Waals surface area contributed by atoms with E-state index in [1.807, 2.05) is 42.5 Å². The predicted octanol–water partition coefficient (Wildman–Crippen LogP) is 7.53. The van der Waals surface area contributed by atoms with Gasteiger partial charge in [-0.15, -0.1) is 0 Å². The van der Waals surface area contributed by atoms with Crippen LogP contribution in [0, 0.1) is 0 Å². The number of rotatable bonds is 6. The van der Waals surface area contributed by atoms with Crippen LogP contribution in [0.2, 0.25) is 0 Å². The van der Waals surface area contributed by atoms with Crippen LogP contribution in [0.5, 0.6) is 11.5 Å². The van der Waals surface area contributed by atoms with Crippen molar-refractivity contribution in [3.8, 4) is 11.5 Å². The molecule has 5 rings (SSSR count). The molecular formula is C31H32O3. The summed E-state index contributed by atoms with van der Waals surface area (Å²) in [6.45, 7) is 0.431. The maximum absolute atomic E-state index is 13.0. The number of methoxy groups -OCH3 is 1. The number of allylic oxidation sites excluding steroid dienone is 1. The maximum atomic E-state index is 13.0. The normalized spacial score (nSPS) is 17.4. The molecule has 0 radical (unpaired) electrons. The van der Waals surface area contributed by atoms with Gasteiger partial charge in [0.1, 0.15) is 18.1 Å². The monoisotopic (exact) mass is 452 g/mol. The highest BCUT2D eigenvalue weighted by Crippen LogP contribution is 2.38. The van der Waals surface area contributed by atoms with Gasteiger partial charge >= 0.3 is 0 Å². The molecule has 34 heavy (non-hydrogen) atoms. The van der Waals surface area contributed by atoms with Crippen LogP contribution in [0.3, 0.4) is 0 Å². The van der Waals surface area contributed by atoms with Gasteiger partial charge in [-0.05, 0) is 72.6 Å². The topological polar surface area (TPSA) is 35.5 Å². The summed E-state index contributed by atoms with van der Waals surface area (Å²) in [5.41, 5.74) is 6.15. The number of ketones is 1. The fourth-order valence-electron chi connectivity index (χ4n) is 5.37. The smallest absolute Gasteiger partial charge is 0.189 e. The first-order valence-electron chi connectivity index (χ1n) is 12.4. The first-order valence-corrected chi connectivity index (χ1v) is 12.4. The van der Waals surface area contributed by atoms with Crippen molar-refractivity contribution >= 4 is 11.9 Å². The van der Waals surface area contributed by atoms with E-state index >= 15 is 0 Å². The lowest BCUT2D eigenvalue weighted by Gasteiger charge is -2.24. The second kappa shape index (κ2) is 10.3.